The van der Waals surface area contributed by atoms with Crippen LogP contribution in [0.4, 0.5) is 11.4 Å². The summed E-state index contributed by atoms with van der Waals surface area (Å²) >= 11 is 6.09. The quantitative estimate of drug-likeness (QED) is 0.677. The number of benzene rings is 2. The predicted molar refractivity (Wildman–Crippen MR) is 128 cm³/mol. The highest BCUT2D eigenvalue weighted by Gasteiger charge is 2.27. The number of anilines is 2. The van der Waals surface area contributed by atoms with Gasteiger partial charge in [0, 0.05) is 52.0 Å². The van der Waals surface area contributed by atoms with Crippen LogP contribution in [0.25, 0.3) is 0 Å². The van der Waals surface area contributed by atoms with Crippen molar-refractivity contribution < 1.29 is 9.59 Å². The monoisotopic (exact) mass is 455 g/mol. The van der Waals surface area contributed by atoms with Crippen molar-refractivity contribution in [1.29, 1.82) is 0 Å². The van der Waals surface area contributed by atoms with E-state index in [4.69, 9.17) is 11.6 Å². The molecule has 0 bridgehead atoms. The second-order valence-corrected chi connectivity index (χ2v) is 8.97. The fourth-order valence-electron chi connectivity index (χ4n) is 4.40. The molecule has 1 saturated heterocycles. The number of nitrogens with zero attached hydrogens (tertiary/aromatic N) is 3. The van der Waals surface area contributed by atoms with Crippen molar-refractivity contribution in [2.45, 2.75) is 12.5 Å². The van der Waals surface area contributed by atoms with Gasteiger partial charge in [-0.1, -0.05) is 35.9 Å². The second kappa shape index (κ2) is 9.90. The third-order valence-corrected chi connectivity index (χ3v) is 6.71. The van der Waals surface area contributed by atoms with E-state index in [1.165, 1.54) is 16.8 Å². The van der Waals surface area contributed by atoms with E-state index < -0.39 is 11.8 Å². The molecule has 2 aromatic carbocycles. The first-order chi connectivity index (χ1) is 15.4. The Morgan fingerprint density at radius 2 is 1.75 bits per heavy atom. The number of piperazine rings is 1. The average molecular weight is 456 g/mol. The van der Waals surface area contributed by atoms with Crippen molar-refractivity contribution in [1.82, 2.24) is 15.1 Å². The van der Waals surface area contributed by atoms with Crippen LogP contribution < -0.4 is 15.5 Å². The molecule has 0 spiro atoms. The number of hydrogen-bond acceptors (Lipinski definition) is 5. The molecule has 2 aromatic rings. The predicted octanol–water partition coefficient (Wildman–Crippen LogP) is 2.38. The number of carbonyl (C=O) groups is 2. The van der Waals surface area contributed by atoms with Crippen LogP contribution in [0.3, 0.4) is 0 Å². The molecule has 8 heteroatoms. The number of rotatable bonds is 5. The summed E-state index contributed by atoms with van der Waals surface area (Å²) in [7, 11) is 4.24. The number of halogens is 1. The van der Waals surface area contributed by atoms with Gasteiger partial charge in [0.25, 0.3) is 0 Å². The second-order valence-electron chi connectivity index (χ2n) is 8.56. The Kier molecular flexibility index (Phi) is 6.98. The first-order valence-corrected chi connectivity index (χ1v) is 11.4. The van der Waals surface area contributed by atoms with Gasteiger partial charge in [-0.15, -0.1) is 0 Å². The van der Waals surface area contributed by atoms with Gasteiger partial charge in [0.05, 0.1) is 16.8 Å². The van der Waals surface area contributed by atoms with E-state index >= 15 is 0 Å². The summed E-state index contributed by atoms with van der Waals surface area (Å²) in [5.74, 6) is -1.38. The number of para-hydroxylation sites is 1. The summed E-state index contributed by atoms with van der Waals surface area (Å²) in [6.45, 7) is 5.18. The lowest BCUT2D eigenvalue weighted by molar-refractivity contribution is -0.136. The van der Waals surface area contributed by atoms with Gasteiger partial charge >= 0.3 is 11.8 Å². The topological polar surface area (TPSA) is 67.9 Å². The van der Waals surface area contributed by atoms with Crippen LogP contribution in [0.5, 0.6) is 0 Å². The fourth-order valence-corrected chi connectivity index (χ4v) is 4.58. The van der Waals surface area contributed by atoms with Crippen LogP contribution in [0.1, 0.15) is 17.2 Å². The maximum absolute atomic E-state index is 12.6. The minimum absolute atomic E-state index is 0.0111. The van der Waals surface area contributed by atoms with Gasteiger partial charge < -0.3 is 20.4 Å². The van der Waals surface area contributed by atoms with Crippen LogP contribution in [0.2, 0.25) is 5.02 Å². The van der Waals surface area contributed by atoms with Crippen LogP contribution in [0, 0.1) is 0 Å². The zero-order valence-electron chi connectivity index (χ0n) is 18.6. The molecule has 0 saturated carbocycles. The maximum Gasteiger partial charge on any atom is 0.313 e. The Labute approximate surface area is 194 Å². The lowest BCUT2D eigenvalue weighted by Crippen LogP contribution is -2.49. The van der Waals surface area contributed by atoms with Gasteiger partial charge in [0.2, 0.25) is 0 Å². The normalized spacial score (nSPS) is 17.7. The van der Waals surface area contributed by atoms with E-state index in [9.17, 15) is 9.59 Å². The Hall–Kier alpha value is -2.61. The number of likely N-dealkylation sites (N-methyl/N-ethyl adjacent to an activating group) is 2. The molecule has 2 N–H and O–H groups in total. The number of fused-ring (bicyclic) bond motifs is 1. The SMILES string of the molecule is CN1CCN(C(CNC(=O)C(=O)Nc2ccccc2Cl)c2ccc3c(c2)CCN3C)CC1. The summed E-state index contributed by atoms with van der Waals surface area (Å²) in [5.41, 5.74) is 4.21. The Morgan fingerprint density at radius 1 is 1.00 bits per heavy atom. The number of amides is 2. The molecule has 4 rings (SSSR count). The Bertz CT molecular complexity index is 990. The van der Waals surface area contributed by atoms with Crippen molar-refractivity contribution >= 4 is 34.8 Å². The fraction of sp³-hybridized carbons (Fsp3) is 0.417. The summed E-state index contributed by atoms with van der Waals surface area (Å²) in [4.78, 5) is 31.9. The summed E-state index contributed by atoms with van der Waals surface area (Å²) in [6.07, 6.45) is 1.03. The molecule has 7 nitrogen and oxygen atoms in total. The molecule has 1 atom stereocenters. The van der Waals surface area contributed by atoms with Crippen LogP contribution >= 0.6 is 11.6 Å². The van der Waals surface area contributed by atoms with E-state index in [0.717, 1.165) is 39.1 Å². The highest BCUT2D eigenvalue weighted by Crippen LogP contribution is 2.31. The first kappa shape index (κ1) is 22.6. The molecule has 170 valence electrons. The largest absolute Gasteiger partial charge is 0.374 e. The molecule has 0 aromatic heterocycles. The van der Waals surface area contributed by atoms with E-state index in [-0.39, 0.29) is 6.04 Å². The molecule has 0 aliphatic carbocycles. The molecule has 1 unspecified atom stereocenters. The van der Waals surface area contributed by atoms with E-state index in [1.54, 1.807) is 24.3 Å². The smallest absolute Gasteiger partial charge is 0.313 e. The summed E-state index contributed by atoms with van der Waals surface area (Å²) in [5, 5.41) is 5.83. The minimum atomic E-state index is -0.717. The number of hydrogen-bond donors (Lipinski definition) is 2. The van der Waals surface area contributed by atoms with Gasteiger partial charge in [0.1, 0.15) is 0 Å². The van der Waals surface area contributed by atoms with Gasteiger partial charge in [-0.3, -0.25) is 14.5 Å². The highest BCUT2D eigenvalue weighted by molar-refractivity contribution is 6.41. The third kappa shape index (κ3) is 5.06. The van der Waals surface area contributed by atoms with Crippen LogP contribution in [-0.4, -0.2) is 75.0 Å². The van der Waals surface area contributed by atoms with Crippen molar-refractivity contribution in [2.24, 2.45) is 0 Å². The lowest BCUT2D eigenvalue weighted by atomic mass is 10.00. The maximum atomic E-state index is 12.6. The van der Waals surface area contributed by atoms with Crippen molar-refractivity contribution in [2.75, 3.05) is 63.6 Å². The Balaban J connectivity index is 1.46. The molecule has 2 heterocycles. The molecular weight excluding hydrogens is 426 g/mol. The molecule has 0 radical (unpaired) electrons. The van der Waals surface area contributed by atoms with Gasteiger partial charge in [-0.2, -0.15) is 0 Å². The number of nitrogens with one attached hydrogen (secondary N) is 2. The lowest BCUT2D eigenvalue weighted by Gasteiger charge is -2.38. The van der Waals surface area contributed by atoms with E-state index in [1.807, 2.05) is 0 Å². The van der Waals surface area contributed by atoms with Gasteiger partial charge in [-0.25, -0.2) is 0 Å². The van der Waals surface area contributed by atoms with Crippen molar-refractivity contribution in [3.8, 4) is 0 Å². The Morgan fingerprint density at radius 3 is 2.50 bits per heavy atom. The molecule has 2 aliphatic heterocycles. The molecule has 32 heavy (non-hydrogen) atoms. The molecule has 2 amide bonds. The van der Waals surface area contributed by atoms with Crippen molar-refractivity contribution in [3.05, 3.63) is 58.6 Å². The summed E-state index contributed by atoms with van der Waals surface area (Å²) in [6, 6.07) is 13.5. The van der Waals surface area contributed by atoms with E-state index in [2.05, 4.69) is 57.6 Å². The first-order valence-electron chi connectivity index (χ1n) is 11.0. The molecule has 1 fully saturated rings. The summed E-state index contributed by atoms with van der Waals surface area (Å²) < 4.78 is 0. The van der Waals surface area contributed by atoms with Gasteiger partial charge in [-0.05, 0) is 42.8 Å². The standard InChI is InChI=1S/C24H30ClN5O2/c1-28-11-13-30(14-12-28)22(17-7-8-21-18(15-17)9-10-29(21)2)16-26-23(31)24(32)27-20-6-4-3-5-19(20)25/h3-8,15,22H,9-14,16H2,1-2H3,(H,26,31)(H,27,32). The van der Waals surface area contributed by atoms with E-state index in [0.29, 0.717) is 17.3 Å². The zero-order valence-corrected chi connectivity index (χ0v) is 19.4. The minimum Gasteiger partial charge on any atom is -0.374 e. The van der Waals surface area contributed by atoms with Crippen LogP contribution in [0.15, 0.2) is 42.5 Å². The average Bonchev–Trinajstić information content (AvgIpc) is 3.16. The number of carbonyl (C=O) groups excluding carboxylic acids is 2. The molecular formula is C24H30ClN5O2. The van der Waals surface area contributed by atoms with Gasteiger partial charge in [0.15, 0.2) is 0 Å². The van der Waals surface area contributed by atoms with Crippen LogP contribution in [-0.2, 0) is 16.0 Å². The third-order valence-electron chi connectivity index (χ3n) is 6.38. The zero-order chi connectivity index (χ0) is 22.7. The van der Waals surface area contributed by atoms with Crippen molar-refractivity contribution in [3.63, 3.8) is 0 Å². The molecule has 2 aliphatic rings. The highest BCUT2D eigenvalue weighted by atomic mass is 35.5.